The molecule has 0 bridgehead atoms. The second-order valence-electron chi connectivity index (χ2n) is 8.10. The molecule has 0 radical (unpaired) electrons. The Morgan fingerprint density at radius 3 is 2.52 bits per heavy atom. The number of likely N-dealkylation sites (tertiary alicyclic amines) is 2. The number of halogens is 1. The van der Waals surface area contributed by atoms with E-state index in [4.69, 9.17) is 16.3 Å². The molecule has 0 spiro atoms. The van der Waals surface area contributed by atoms with Crippen molar-refractivity contribution in [2.45, 2.75) is 6.04 Å². The quantitative estimate of drug-likeness (QED) is 0.789. The monoisotopic (exact) mass is 413 g/mol. The van der Waals surface area contributed by atoms with Crippen LogP contribution in [0.25, 0.3) is 0 Å². The summed E-state index contributed by atoms with van der Waals surface area (Å²) in [5.41, 5.74) is 2.01. The zero-order chi connectivity index (χ0) is 20.4. The molecule has 3 unspecified atom stereocenters. The lowest BCUT2D eigenvalue weighted by Crippen LogP contribution is -2.36. The minimum absolute atomic E-state index is 0.0445. The lowest BCUT2D eigenvalue weighted by molar-refractivity contribution is 0.0949. The van der Waals surface area contributed by atoms with E-state index >= 15 is 0 Å². The number of rotatable bonds is 6. The van der Waals surface area contributed by atoms with Crippen molar-refractivity contribution in [1.29, 1.82) is 0 Å². The van der Waals surface area contributed by atoms with Crippen LogP contribution in [0, 0.1) is 11.8 Å². The van der Waals surface area contributed by atoms with Gasteiger partial charge in [0.2, 0.25) is 0 Å². The minimum atomic E-state index is -0.0445. The third kappa shape index (κ3) is 4.42. The number of fused-ring (bicyclic) bond motifs is 1. The first-order valence-corrected chi connectivity index (χ1v) is 10.5. The van der Waals surface area contributed by atoms with Gasteiger partial charge >= 0.3 is 0 Å². The summed E-state index contributed by atoms with van der Waals surface area (Å²) in [5.74, 6) is 2.16. The maximum atomic E-state index is 12.3. The number of nitrogens with one attached hydrogen (secondary N) is 1. The second-order valence-corrected chi connectivity index (χ2v) is 8.54. The molecule has 154 valence electrons. The molecule has 4 rings (SSSR count). The first kappa shape index (κ1) is 20.2. The van der Waals surface area contributed by atoms with Gasteiger partial charge in [0.25, 0.3) is 5.91 Å². The molecule has 0 aliphatic carbocycles. The van der Waals surface area contributed by atoms with Crippen LogP contribution in [0.2, 0.25) is 5.02 Å². The lowest BCUT2D eigenvalue weighted by Gasteiger charge is -2.27. The Labute approximate surface area is 177 Å². The number of benzene rings is 2. The molecule has 1 amide bonds. The normalized spacial score (nSPS) is 24.4. The molecule has 5 nitrogen and oxygen atoms in total. The van der Waals surface area contributed by atoms with Crippen molar-refractivity contribution in [1.82, 2.24) is 15.1 Å². The predicted molar refractivity (Wildman–Crippen MR) is 116 cm³/mol. The summed E-state index contributed by atoms with van der Waals surface area (Å²) in [7, 11) is 3.93. The number of carbonyl (C=O) groups excluding carboxylic acids is 1. The summed E-state index contributed by atoms with van der Waals surface area (Å²) in [6, 6.07) is 15.9. The van der Waals surface area contributed by atoms with Crippen molar-refractivity contribution in [2.24, 2.45) is 11.8 Å². The minimum Gasteiger partial charge on any atom is -0.497 e. The van der Waals surface area contributed by atoms with Gasteiger partial charge in [-0.25, -0.2) is 0 Å². The molecular weight excluding hydrogens is 386 g/mol. The number of nitrogens with zero attached hydrogens (tertiary/aromatic N) is 2. The molecule has 1 N–H and O–H groups in total. The summed E-state index contributed by atoms with van der Waals surface area (Å²) in [6.07, 6.45) is 0. The van der Waals surface area contributed by atoms with Crippen LogP contribution in [0.4, 0.5) is 0 Å². The van der Waals surface area contributed by atoms with Gasteiger partial charge in [-0.2, -0.15) is 0 Å². The Balaban J connectivity index is 1.31. The highest BCUT2D eigenvalue weighted by atomic mass is 35.5. The van der Waals surface area contributed by atoms with Gasteiger partial charge in [0.15, 0.2) is 0 Å². The van der Waals surface area contributed by atoms with Crippen LogP contribution in [0.15, 0.2) is 48.5 Å². The van der Waals surface area contributed by atoms with E-state index in [1.165, 1.54) is 5.56 Å². The summed E-state index contributed by atoms with van der Waals surface area (Å²) >= 11 is 5.89. The van der Waals surface area contributed by atoms with Crippen LogP contribution >= 0.6 is 11.6 Å². The molecule has 2 aliphatic heterocycles. The van der Waals surface area contributed by atoms with E-state index in [1.807, 2.05) is 0 Å². The number of hydrogen-bond donors (Lipinski definition) is 1. The van der Waals surface area contributed by atoms with E-state index < -0.39 is 0 Å². The van der Waals surface area contributed by atoms with Gasteiger partial charge in [-0.1, -0.05) is 23.7 Å². The fraction of sp³-hybridized carbons (Fsp3) is 0.435. The standard InChI is InChI=1S/C23H28ClN3O2/c1-26-13-18-14-27(12-11-25-23(28)17-3-7-19(24)8-4-17)15-21(18)22(26)16-5-9-20(29-2)10-6-16/h3-10,18,21-22H,11-15H2,1-2H3,(H,25,28). The number of hydrogen-bond acceptors (Lipinski definition) is 4. The first-order valence-electron chi connectivity index (χ1n) is 10.2. The van der Waals surface area contributed by atoms with Gasteiger partial charge in [0.1, 0.15) is 5.75 Å². The van der Waals surface area contributed by atoms with Gasteiger partial charge in [-0.3, -0.25) is 9.69 Å². The van der Waals surface area contributed by atoms with Gasteiger partial charge in [-0.15, -0.1) is 0 Å². The van der Waals surface area contributed by atoms with Gasteiger partial charge in [-0.05, 0) is 60.8 Å². The number of ether oxygens (including phenoxy) is 1. The summed E-state index contributed by atoms with van der Waals surface area (Å²) in [4.78, 5) is 17.2. The maximum Gasteiger partial charge on any atom is 0.251 e. The van der Waals surface area contributed by atoms with E-state index in [1.54, 1.807) is 31.4 Å². The molecule has 2 aliphatic rings. The van der Waals surface area contributed by atoms with Crippen molar-refractivity contribution in [2.75, 3.05) is 46.9 Å². The summed E-state index contributed by atoms with van der Waals surface area (Å²) < 4.78 is 5.30. The third-order valence-corrected chi connectivity index (χ3v) is 6.50. The van der Waals surface area contributed by atoms with Gasteiger partial charge in [0.05, 0.1) is 7.11 Å². The van der Waals surface area contributed by atoms with Crippen LogP contribution in [-0.2, 0) is 0 Å². The molecule has 2 aromatic carbocycles. The third-order valence-electron chi connectivity index (χ3n) is 6.25. The topological polar surface area (TPSA) is 44.8 Å². The average Bonchev–Trinajstić information content (AvgIpc) is 3.24. The van der Waals surface area contributed by atoms with Crippen molar-refractivity contribution >= 4 is 17.5 Å². The van der Waals surface area contributed by atoms with Crippen molar-refractivity contribution in [3.63, 3.8) is 0 Å². The summed E-state index contributed by atoms with van der Waals surface area (Å²) in [5, 5.41) is 3.67. The highest BCUT2D eigenvalue weighted by molar-refractivity contribution is 6.30. The Kier molecular flexibility index (Phi) is 6.09. The fourth-order valence-corrected chi connectivity index (χ4v) is 4.99. The van der Waals surface area contributed by atoms with Crippen molar-refractivity contribution in [3.05, 3.63) is 64.7 Å². The van der Waals surface area contributed by atoms with E-state index in [9.17, 15) is 4.79 Å². The van der Waals surface area contributed by atoms with Gasteiger partial charge in [0, 0.05) is 49.4 Å². The lowest BCUT2D eigenvalue weighted by atomic mass is 9.89. The number of methoxy groups -OCH3 is 1. The Bertz CT molecular complexity index is 840. The maximum absolute atomic E-state index is 12.3. The van der Waals surface area contributed by atoms with Crippen LogP contribution < -0.4 is 10.1 Å². The molecule has 29 heavy (non-hydrogen) atoms. The molecular formula is C23H28ClN3O2. The van der Waals surface area contributed by atoms with Crippen LogP contribution in [-0.4, -0.2) is 62.6 Å². The molecule has 0 aromatic heterocycles. The Morgan fingerprint density at radius 1 is 1.10 bits per heavy atom. The molecule has 2 fully saturated rings. The van der Waals surface area contributed by atoms with E-state index in [2.05, 4.69) is 46.4 Å². The molecule has 2 saturated heterocycles. The van der Waals surface area contributed by atoms with Crippen molar-refractivity contribution < 1.29 is 9.53 Å². The van der Waals surface area contributed by atoms with E-state index in [0.717, 1.165) is 31.9 Å². The molecule has 0 saturated carbocycles. The second kappa shape index (κ2) is 8.74. The zero-order valence-electron chi connectivity index (χ0n) is 17.0. The number of amides is 1. The molecule has 2 aromatic rings. The average molecular weight is 414 g/mol. The fourth-order valence-electron chi connectivity index (χ4n) is 4.87. The predicted octanol–water partition coefficient (Wildman–Crippen LogP) is 3.31. The molecule has 6 heteroatoms. The Morgan fingerprint density at radius 2 is 1.83 bits per heavy atom. The smallest absolute Gasteiger partial charge is 0.251 e. The van der Waals surface area contributed by atoms with Crippen LogP contribution in [0.3, 0.4) is 0 Å². The molecule has 3 atom stereocenters. The van der Waals surface area contributed by atoms with Crippen LogP contribution in [0.5, 0.6) is 5.75 Å². The number of carbonyl (C=O) groups is 1. The van der Waals surface area contributed by atoms with Crippen molar-refractivity contribution in [3.8, 4) is 5.75 Å². The van der Waals surface area contributed by atoms with Gasteiger partial charge < -0.3 is 15.0 Å². The van der Waals surface area contributed by atoms with E-state index in [-0.39, 0.29) is 5.91 Å². The van der Waals surface area contributed by atoms with Crippen LogP contribution in [0.1, 0.15) is 22.0 Å². The largest absolute Gasteiger partial charge is 0.497 e. The highest BCUT2D eigenvalue weighted by Gasteiger charge is 2.45. The Hall–Kier alpha value is -2.08. The summed E-state index contributed by atoms with van der Waals surface area (Å²) in [6.45, 7) is 4.82. The highest BCUT2D eigenvalue weighted by Crippen LogP contribution is 2.44. The zero-order valence-corrected chi connectivity index (χ0v) is 17.7. The first-order chi connectivity index (χ1) is 14.0. The molecule has 2 heterocycles. The SMILES string of the molecule is COc1ccc(C2C3CN(CCNC(=O)c4ccc(Cl)cc4)CC3CN2C)cc1. The van der Waals surface area contributed by atoms with E-state index in [0.29, 0.717) is 35.0 Å².